The van der Waals surface area contributed by atoms with E-state index in [4.69, 9.17) is 25.1 Å². The summed E-state index contributed by atoms with van der Waals surface area (Å²) in [6, 6.07) is -7.22. The highest BCUT2D eigenvalue weighted by atomic mass is 16.7. The molecule has 0 aromatic carbocycles. The molecule has 3 saturated heterocycles. The van der Waals surface area contributed by atoms with Gasteiger partial charge in [0.2, 0.25) is 54.6 Å². The number of aliphatic hydroxyl groups excluding tert-OH is 11. The molecule has 3 heterocycles. The van der Waals surface area contributed by atoms with Crippen molar-refractivity contribution in [2.75, 3.05) is 65.9 Å². The van der Waals surface area contributed by atoms with Crippen LogP contribution < -0.4 is 47.9 Å². The molecule has 1 aliphatic carbocycles. The molecule has 0 spiro atoms. The summed E-state index contributed by atoms with van der Waals surface area (Å²) in [5, 5.41) is 130. The van der Waals surface area contributed by atoms with Crippen LogP contribution in [0.25, 0.3) is 0 Å². The van der Waals surface area contributed by atoms with Crippen molar-refractivity contribution in [2.45, 2.75) is 272 Å². The van der Waals surface area contributed by atoms with E-state index in [1.807, 2.05) is 0 Å². The predicted molar refractivity (Wildman–Crippen MR) is 346 cm³/mol. The molecule has 1 saturated carbocycles. The van der Waals surface area contributed by atoms with Crippen molar-refractivity contribution in [3.63, 3.8) is 0 Å². The van der Waals surface area contributed by atoms with Gasteiger partial charge >= 0.3 is 0 Å². The summed E-state index contributed by atoms with van der Waals surface area (Å²) in [4.78, 5) is 118. The smallest absolute Gasteiger partial charge is 0.245 e. The Morgan fingerprint density at radius 2 is 0.857 bits per heavy atom. The molecular formula is C64H113N9O25. The Balaban J connectivity index is 1.36. The summed E-state index contributed by atoms with van der Waals surface area (Å²) >= 11 is 0. The molecule has 0 aromatic rings. The van der Waals surface area contributed by atoms with Gasteiger partial charge < -0.3 is 128 Å². The van der Waals surface area contributed by atoms with Crippen molar-refractivity contribution in [3.05, 3.63) is 0 Å². The van der Waals surface area contributed by atoms with Gasteiger partial charge in [-0.1, -0.05) is 51.4 Å². The van der Waals surface area contributed by atoms with Gasteiger partial charge in [-0.15, -0.1) is 0 Å². The van der Waals surface area contributed by atoms with E-state index in [2.05, 4.69) is 53.0 Å². The molecule has 20 N–H and O–H groups in total. The molecular weight excluding hydrogens is 1290 g/mol. The maximum atomic E-state index is 13.9. The Bertz CT molecular complexity index is 2440. The summed E-state index contributed by atoms with van der Waals surface area (Å²) in [6.45, 7) is 2.18. The molecule has 564 valence electrons. The van der Waals surface area contributed by atoms with Crippen LogP contribution in [0.15, 0.2) is 0 Å². The highest BCUT2D eigenvalue weighted by molar-refractivity contribution is 5.93. The average molecular weight is 1410 g/mol. The van der Waals surface area contributed by atoms with Crippen LogP contribution in [0.3, 0.4) is 0 Å². The molecule has 34 heteroatoms. The van der Waals surface area contributed by atoms with Gasteiger partial charge in [0, 0.05) is 79.0 Å². The highest BCUT2D eigenvalue weighted by Gasteiger charge is 2.48. The Labute approximate surface area is 573 Å². The third-order valence-electron chi connectivity index (χ3n) is 18.1. The molecule has 4 rings (SSSR count). The van der Waals surface area contributed by atoms with Crippen LogP contribution in [-0.4, -0.2) is 287 Å². The molecule has 3 aliphatic heterocycles. The zero-order valence-electron chi connectivity index (χ0n) is 57.8. The van der Waals surface area contributed by atoms with Gasteiger partial charge in [-0.2, -0.15) is 0 Å². The number of rotatable bonds is 46. The normalized spacial score (nSPS) is 28.9. The molecule has 0 aromatic heterocycles. The largest absolute Gasteiger partial charge is 0.396 e. The molecule has 17 unspecified atom stereocenters. The van der Waals surface area contributed by atoms with Gasteiger partial charge in [-0.3, -0.25) is 43.2 Å². The van der Waals surface area contributed by atoms with E-state index >= 15 is 0 Å². The zero-order chi connectivity index (χ0) is 73.0. The first-order valence-electron chi connectivity index (χ1n) is 35.1. The number of ether oxygens (including phenoxy) is 5. The SMILES string of the molecule is [2H]OCC1CCC(C(=O)N[C@H](CO)C(=O)NC(CCC(=O)NC(CCC(=O)NCCCCCCOC2OC(CO)C(O)C(O)C2NC(C)=O)C(=O)NCCCCCCCC2OC(CO)C(O)C(O)C2NC(C)=O)C(=O)NCCCCCCOC2OC(CO)C(O)C(O)C2NC(C)=O)CC1. The first-order chi connectivity index (χ1) is 47.4. The molecule has 98 heavy (non-hydrogen) atoms. The maximum Gasteiger partial charge on any atom is 0.245 e. The van der Waals surface area contributed by atoms with Crippen LogP contribution in [-0.2, 0) is 66.8 Å². The van der Waals surface area contributed by atoms with Crippen LogP contribution in [0.4, 0.5) is 0 Å². The third-order valence-corrected chi connectivity index (χ3v) is 18.1. The first-order valence-corrected chi connectivity index (χ1v) is 34.7. The van der Waals surface area contributed by atoms with Crippen molar-refractivity contribution in [3.8, 4) is 0 Å². The number of amides is 9. The number of hydrogen-bond donors (Lipinski definition) is 20. The Kier molecular flexibility index (Phi) is 39.2. The number of aliphatic hydroxyl groups is 11. The second kappa shape index (κ2) is 46.2. The maximum absolute atomic E-state index is 13.9. The van der Waals surface area contributed by atoms with E-state index in [1.54, 1.807) is 0 Å². The third kappa shape index (κ3) is 29.3. The number of carbonyl (C=O) groups excluding carboxylic acids is 9. The van der Waals surface area contributed by atoms with Crippen molar-refractivity contribution in [1.29, 1.82) is 1.43 Å². The lowest BCUT2D eigenvalue weighted by Crippen LogP contribution is -2.64. The monoisotopic (exact) mass is 1410 g/mol. The first kappa shape index (κ1) is 83.3. The zero-order valence-corrected chi connectivity index (χ0v) is 56.8. The van der Waals surface area contributed by atoms with E-state index in [0.717, 1.165) is 0 Å². The van der Waals surface area contributed by atoms with Crippen molar-refractivity contribution in [2.24, 2.45) is 11.8 Å². The summed E-state index contributed by atoms with van der Waals surface area (Å²) < 4.78 is 35.7. The van der Waals surface area contributed by atoms with Gasteiger partial charge in [0.1, 0.15) is 85.1 Å². The summed E-state index contributed by atoms with van der Waals surface area (Å²) in [7, 11) is 0. The Hall–Kier alpha value is -5.41. The summed E-state index contributed by atoms with van der Waals surface area (Å²) in [6.07, 6.45) is -5.93. The quantitative estimate of drug-likeness (QED) is 0.0253. The second-order valence-corrected chi connectivity index (χ2v) is 25.9. The Morgan fingerprint density at radius 3 is 1.33 bits per heavy atom. The van der Waals surface area contributed by atoms with Crippen molar-refractivity contribution < 1.29 is 123 Å². The predicted octanol–water partition coefficient (Wildman–Crippen LogP) is -5.49. The Morgan fingerprint density at radius 1 is 0.439 bits per heavy atom. The van der Waals surface area contributed by atoms with E-state index in [1.165, 1.54) is 20.8 Å². The second-order valence-electron chi connectivity index (χ2n) is 25.9. The number of carbonyl (C=O) groups is 9. The van der Waals surface area contributed by atoms with Gasteiger partial charge in [-0.05, 0) is 83.0 Å². The van der Waals surface area contributed by atoms with Crippen molar-refractivity contribution in [1.82, 2.24) is 47.9 Å². The molecule has 9 amide bonds. The van der Waals surface area contributed by atoms with Crippen LogP contribution >= 0.6 is 0 Å². The minimum atomic E-state index is -1.48. The minimum absolute atomic E-state index is 0.0940. The fourth-order valence-corrected chi connectivity index (χ4v) is 12.3. The van der Waals surface area contributed by atoms with Crippen molar-refractivity contribution >= 4 is 53.2 Å². The van der Waals surface area contributed by atoms with E-state index in [-0.39, 0.29) is 64.6 Å². The van der Waals surface area contributed by atoms with Gasteiger partial charge in [0.15, 0.2) is 12.6 Å². The van der Waals surface area contributed by atoms with Crippen LogP contribution in [0, 0.1) is 11.8 Å². The molecule has 34 nitrogen and oxygen atoms in total. The lowest BCUT2D eigenvalue weighted by molar-refractivity contribution is -0.270. The molecule has 4 aliphatic rings. The van der Waals surface area contributed by atoms with E-state index < -0.39 is 202 Å². The standard InChI is InChI=1S/C64H113N9O25/c1-36(79)68-50-44(96-45(33-76)53(84)56(50)87)17-11-5-4-6-13-27-66-60(91)41(22-24-48(82)65-26-12-7-9-15-29-94-63-51(69-37(2)80)57(88)54(85)46(34-77)97-63)71-49(83)25-23-42(72-62(93)43(32-75)73-59(90)40-20-18-39(31-74)19-21-40)61(92)67-28-14-8-10-16-30-95-64-52(70-38(3)81)58(89)55(86)47(35-78)98-64/h39-47,50-58,63-64,74-78,84-89H,4-35H2,1-3H3,(H,65,82)(H,66,91)(H,67,92)(H,68,79)(H,69,80)(H,70,81)(H,71,83)(H,72,93)(H,73,90)/t39?,40?,41?,42?,43-,44?,45?,46?,47?,50?,51?,52?,53?,54?,55?,56?,57?,58?,63?,64?/m1/s1/i74D. The minimum Gasteiger partial charge on any atom is -0.396 e. The van der Waals surface area contributed by atoms with Crippen LogP contribution in [0.2, 0.25) is 0 Å². The highest BCUT2D eigenvalue weighted by Crippen LogP contribution is 2.30. The molecule has 0 radical (unpaired) electrons. The number of unbranched alkanes of at least 4 members (excludes halogenated alkanes) is 10. The van der Waals surface area contributed by atoms with E-state index in [9.17, 15) is 94.2 Å². The van der Waals surface area contributed by atoms with Gasteiger partial charge in [-0.25, -0.2) is 0 Å². The number of hydrogen-bond acceptors (Lipinski definition) is 25. The lowest BCUT2D eigenvalue weighted by Gasteiger charge is -2.42. The summed E-state index contributed by atoms with van der Waals surface area (Å²) in [5.41, 5.74) is 0. The summed E-state index contributed by atoms with van der Waals surface area (Å²) in [5.74, 6) is -5.65. The average Bonchev–Trinajstić information content (AvgIpc) is 0.833. The van der Waals surface area contributed by atoms with Crippen LogP contribution in [0.1, 0.15) is 162 Å². The van der Waals surface area contributed by atoms with E-state index in [0.29, 0.717) is 116 Å². The lowest BCUT2D eigenvalue weighted by atomic mass is 9.82. The van der Waals surface area contributed by atoms with Crippen LogP contribution in [0.5, 0.6) is 0 Å². The fraction of sp³-hybridized carbons (Fsp3) is 0.859. The van der Waals surface area contributed by atoms with Gasteiger partial charge in [0.05, 0.1) is 38.6 Å². The molecule has 4 fully saturated rings. The molecule has 0 bridgehead atoms. The number of nitrogens with one attached hydrogen (secondary N) is 9. The van der Waals surface area contributed by atoms with Gasteiger partial charge in [0.25, 0.3) is 0 Å². The fourth-order valence-electron chi connectivity index (χ4n) is 12.3. The molecule has 18 atom stereocenters. The topological polar surface area (TPSA) is 531 Å².